The molecule has 166 valence electrons. The van der Waals surface area contributed by atoms with Crippen molar-refractivity contribution in [2.75, 3.05) is 0 Å². The minimum Gasteiger partial charge on any atom is -0.162 e. The average Bonchev–Trinajstić information content (AvgIpc) is 3.44. The molecule has 0 saturated heterocycles. The van der Waals surface area contributed by atoms with Crippen LogP contribution in [0.1, 0.15) is 36.1 Å². The maximum absolute atomic E-state index is 6.51. The summed E-state index contributed by atoms with van der Waals surface area (Å²) in [6, 6.07) is 13.4. The second kappa shape index (κ2) is 8.81. The highest BCUT2D eigenvalue weighted by Gasteiger charge is 2.34. The Kier molecular flexibility index (Phi) is 6.41. The fourth-order valence-electron chi connectivity index (χ4n) is 5.32. The van der Waals surface area contributed by atoms with E-state index in [0.29, 0.717) is 5.54 Å². The van der Waals surface area contributed by atoms with Crippen molar-refractivity contribution in [3.63, 3.8) is 0 Å². The SMILES string of the molecule is CC1=Cc2cccc([Si](C)(C)C3C=CC=C3)c2C1.CC1=Cc2cccc([Si](C)(C)Cl)c2C1. The standard InChI is InChI=1S/C17H20Si.C12H15ClSi/c1-13-11-14-7-6-10-17(16(14)12-13)18(2,3)15-8-4-5-9-15;1-9-7-10-5-4-6-12(11(10)8-9)14(2,3)13/h4-11,15H,12H2,1-3H3;4-7H,8H2,1-3H3. The molecule has 0 aliphatic heterocycles. The molecule has 2 aromatic rings. The highest BCUT2D eigenvalue weighted by Crippen LogP contribution is 2.32. The maximum Gasteiger partial charge on any atom is 0.181 e. The Hall–Kier alpha value is -1.88. The fourth-order valence-corrected chi connectivity index (χ4v) is 10.4. The number of hydrogen-bond acceptors (Lipinski definition) is 0. The molecule has 0 heterocycles. The summed E-state index contributed by atoms with van der Waals surface area (Å²) in [5.74, 6) is 0. The summed E-state index contributed by atoms with van der Waals surface area (Å²) < 4.78 is 0. The Labute approximate surface area is 201 Å². The number of benzene rings is 2. The zero-order valence-corrected chi connectivity index (χ0v) is 23.1. The highest BCUT2D eigenvalue weighted by molar-refractivity contribution is 7.26. The van der Waals surface area contributed by atoms with Gasteiger partial charge in [0.15, 0.2) is 7.38 Å². The Morgan fingerprint density at radius 3 is 1.69 bits per heavy atom. The van der Waals surface area contributed by atoms with Crippen molar-refractivity contribution in [1.82, 2.24) is 0 Å². The molecule has 32 heavy (non-hydrogen) atoms. The zero-order chi connectivity index (χ0) is 23.1. The lowest BCUT2D eigenvalue weighted by Crippen LogP contribution is -2.46. The Balaban J connectivity index is 0.000000158. The van der Waals surface area contributed by atoms with Crippen molar-refractivity contribution in [3.8, 4) is 0 Å². The first-order valence-corrected chi connectivity index (χ1v) is 18.8. The quantitative estimate of drug-likeness (QED) is 0.322. The fraction of sp³-hybridized carbons (Fsp3) is 0.310. The first kappa shape index (κ1) is 23.3. The summed E-state index contributed by atoms with van der Waals surface area (Å²) in [7, 11) is -3.12. The van der Waals surface area contributed by atoms with Crippen LogP contribution in [0.5, 0.6) is 0 Å². The largest absolute Gasteiger partial charge is 0.181 e. The van der Waals surface area contributed by atoms with Crippen molar-refractivity contribution in [2.45, 2.75) is 58.4 Å². The van der Waals surface area contributed by atoms with Crippen molar-refractivity contribution in [3.05, 3.63) is 94.1 Å². The lowest BCUT2D eigenvalue weighted by Gasteiger charge is -2.30. The van der Waals surface area contributed by atoms with Gasteiger partial charge in [-0.25, -0.2) is 0 Å². The van der Waals surface area contributed by atoms with E-state index in [1.54, 1.807) is 10.8 Å². The van der Waals surface area contributed by atoms with Gasteiger partial charge in [0.1, 0.15) is 0 Å². The van der Waals surface area contributed by atoms with Crippen LogP contribution in [-0.4, -0.2) is 15.5 Å². The molecule has 2 aromatic carbocycles. The molecule has 0 aromatic heterocycles. The van der Waals surface area contributed by atoms with E-state index in [4.69, 9.17) is 11.1 Å². The van der Waals surface area contributed by atoms with E-state index in [2.05, 4.69) is 113 Å². The van der Waals surface area contributed by atoms with Gasteiger partial charge in [-0.3, -0.25) is 0 Å². The molecule has 5 rings (SSSR count). The summed E-state index contributed by atoms with van der Waals surface area (Å²) in [5.41, 5.74) is 9.50. The summed E-state index contributed by atoms with van der Waals surface area (Å²) in [4.78, 5) is 0. The summed E-state index contributed by atoms with van der Waals surface area (Å²) in [6.45, 7) is 13.8. The summed E-state index contributed by atoms with van der Waals surface area (Å²) in [6.07, 6.45) is 16.0. The first-order chi connectivity index (χ1) is 15.1. The molecule has 3 aliphatic carbocycles. The van der Waals surface area contributed by atoms with Gasteiger partial charge in [0, 0.05) is 0 Å². The molecule has 3 heteroatoms. The Bertz CT molecular complexity index is 1140. The number of halogens is 1. The van der Waals surface area contributed by atoms with Gasteiger partial charge in [-0.05, 0) is 59.7 Å². The van der Waals surface area contributed by atoms with E-state index in [0.717, 1.165) is 12.8 Å². The van der Waals surface area contributed by atoms with Crippen LogP contribution in [0.3, 0.4) is 0 Å². The van der Waals surface area contributed by atoms with E-state index >= 15 is 0 Å². The number of hydrogen-bond donors (Lipinski definition) is 0. The molecule has 0 saturated carbocycles. The normalized spacial score (nSPS) is 17.0. The third kappa shape index (κ3) is 4.59. The molecule has 0 radical (unpaired) electrons. The van der Waals surface area contributed by atoms with E-state index in [9.17, 15) is 0 Å². The van der Waals surface area contributed by atoms with Gasteiger partial charge in [0.25, 0.3) is 0 Å². The molecule has 0 unspecified atom stereocenters. The average molecular weight is 475 g/mol. The lowest BCUT2D eigenvalue weighted by molar-refractivity contribution is 1.20. The van der Waals surface area contributed by atoms with Gasteiger partial charge in [0.05, 0.1) is 8.07 Å². The highest BCUT2D eigenvalue weighted by atomic mass is 35.6. The second-order valence-corrected chi connectivity index (χ2v) is 21.5. The molecule has 0 N–H and O–H groups in total. The van der Waals surface area contributed by atoms with Gasteiger partial charge in [0.2, 0.25) is 0 Å². The van der Waals surface area contributed by atoms with Crippen LogP contribution < -0.4 is 10.4 Å². The topological polar surface area (TPSA) is 0 Å². The van der Waals surface area contributed by atoms with Crippen LogP contribution in [-0.2, 0) is 12.8 Å². The lowest BCUT2D eigenvalue weighted by atomic mass is 10.1. The smallest absolute Gasteiger partial charge is 0.162 e. The zero-order valence-electron chi connectivity index (χ0n) is 20.3. The van der Waals surface area contributed by atoms with Crippen molar-refractivity contribution in [1.29, 1.82) is 0 Å². The molecule has 0 nitrogen and oxygen atoms in total. The van der Waals surface area contributed by atoms with Crippen LogP contribution in [0, 0.1) is 0 Å². The predicted octanol–water partition coefficient (Wildman–Crippen LogP) is 7.35. The molecular weight excluding hydrogens is 440 g/mol. The van der Waals surface area contributed by atoms with Crippen LogP contribution in [0.15, 0.2) is 71.8 Å². The minimum absolute atomic E-state index is 0.657. The molecule has 0 bridgehead atoms. The van der Waals surface area contributed by atoms with Crippen molar-refractivity contribution < 1.29 is 0 Å². The van der Waals surface area contributed by atoms with Crippen LogP contribution in [0.2, 0.25) is 31.7 Å². The van der Waals surface area contributed by atoms with Gasteiger partial charge in [-0.15, -0.1) is 0 Å². The molecule has 0 fully saturated rings. The molecule has 3 aliphatic rings. The maximum atomic E-state index is 6.51. The van der Waals surface area contributed by atoms with Crippen LogP contribution >= 0.6 is 11.1 Å². The van der Waals surface area contributed by atoms with Crippen LogP contribution in [0.25, 0.3) is 12.2 Å². The molecule has 0 spiro atoms. The summed E-state index contributed by atoms with van der Waals surface area (Å²) >= 11 is 6.51. The molecular formula is C29H35ClSi2. The van der Waals surface area contributed by atoms with E-state index < -0.39 is 15.5 Å². The van der Waals surface area contributed by atoms with Gasteiger partial charge < -0.3 is 0 Å². The van der Waals surface area contributed by atoms with Crippen LogP contribution in [0.4, 0.5) is 0 Å². The van der Waals surface area contributed by atoms with E-state index in [1.165, 1.54) is 33.0 Å². The third-order valence-electron chi connectivity index (χ3n) is 7.06. The third-order valence-corrected chi connectivity index (χ3v) is 13.3. The van der Waals surface area contributed by atoms with Gasteiger partial charge >= 0.3 is 0 Å². The molecule has 0 atom stereocenters. The first-order valence-electron chi connectivity index (χ1n) is 11.7. The predicted molar refractivity (Wildman–Crippen MR) is 150 cm³/mol. The minimum atomic E-state index is -1.68. The van der Waals surface area contributed by atoms with Crippen molar-refractivity contribution in [2.24, 2.45) is 0 Å². The van der Waals surface area contributed by atoms with Crippen molar-refractivity contribution >= 4 is 49.1 Å². The number of rotatable bonds is 3. The number of allylic oxidation sites excluding steroid dienone is 6. The van der Waals surface area contributed by atoms with E-state index in [-0.39, 0.29) is 0 Å². The van der Waals surface area contributed by atoms with E-state index in [1.807, 2.05) is 0 Å². The second-order valence-electron chi connectivity index (χ2n) is 10.6. The van der Waals surface area contributed by atoms with Gasteiger partial charge in [-0.2, -0.15) is 11.1 Å². The van der Waals surface area contributed by atoms with Gasteiger partial charge in [-0.1, -0.05) is 115 Å². The monoisotopic (exact) mass is 474 g/mol. The summed E-state index contributed by atoms with van der Waals surface area (Å²) in [5, 5.41) is 3.05. The number of fused-ring (bicyclic) bond motifs is 2. The Morgan fingerprint density at radius 1 is 0.719 bits per heavy atom. The Morgan fingerprint density at radius 2 is 1.19 bits per heavy atom. The molecule has 0 amide bonds.